The molecule has 1 aromatic carbocycles. The first-order chi connectivity index (χ1) is 9.40. The maximum Gasteiger partial charge on any atom is 0.391 e. The molecule has 2 rings (SSSR count). The normalized spacial score (nSPS) is 18.4. The van der Waals surface area contributed by atoms with Gasteiger partial charge in [-0.3, -0.25) is 4.90 Å². The number of hydrogen-bond donors (Lipinski definition) is 1. The zero-order valence-electron chi connectivity index (χ0n) is 11.1. The van der Waals surface area contributed by atoms with Gasteiger partial charge in [0.2, 0.25) is 0 Å². The molecule has 1 aromatic rings. The van der Waals surface area contributed by atoms with E-state index < -0.39 is 12.1 Å². The largest absolute Gasteiger partial charge is 0.391 e. The molecule has 112 valence electrons. The van der Waals surface area contributed by atoms with Gasteiger partial charge in [0, 0.05) is 13.1 Å². The number of nitrogens with zero attached hydrogens (tertiary/aromatic N) is 1. The fourth-order valence-electron chi connectivity index (χ4n) is 2.60. The van der Waals surface area contributed by atoms with Crippen molar-refractivity contribution in [1.29, 1.82) is 0 Å². The van der Waals surface area contributed by atoms with Crippen LogP contribution < -0.4 is 5.73 Å². The third-order valence-electron chi connectivity index (χ3n) is 3.83. The zero-order chi connectivity index (χ0) is 14.8. The van der Waals surface area contributed by atoms with Crippen LogP contribution in [0.3, 0.4) is 0 Å². The molecule has 2 nitrogen and oxygen atoms in total. The van der Waals surface area contributed by atoms with E-state index in [1.807, 2.05) is 4.90 Å². The number of likely N-dealkylation sites (tertiary alicyclic amines) is 1. The van der Waals surface area contributed by atoms with Crippen molar-refractivity contribution in [3.8, 4) is 0 Å². The number of rotatable bonds is 3. The van der Waals surface area contributed by atoms with Gasteiger partial charge in [-0.15, -0.1) is 0 Å². The minimum Gasteiger partial charge on any atom is -0.326 e. The van der Waals surface area contributed by atoms with Crippen molar-refractivity contribution >= 4 is 0 Å². The van der Waals surface area contributed by atoms with E-state index in [2.05, 4.69) is 0 Å². The van der Waals surface area contributed by atoms with Crippen LogP contribution >= 0.6 is 0 Å². The minimum absolute atomic E-state index is 0.108. The van der Waals surface area contributed by atoms with Gasteiger partial charge in [0.25, 0.3) is 0 Å². The predicted octanol–water partition coefficient (Wildman–Crippen LogP) is 3.06. The van der Waals surface area contributed by atoms with Crippen LogP contribution in [0.5, 0.6) is 0 Å². The molecule has 0 amide bonds. The van der Waals surface area contributed by atoms with Gasteiger partial charge in [-0.05, 0) is 49.2 Å². The molecular weight excluding hydrogens is 272 g/mol. The lowest BCUT2D eigenvalue weighted by Gasteiger charge is -2.33. The van der Waals surface area contributed by atoms with E-state index in [1.165, 1.54) is 12.1 Å². The molecule has 1 aliphatic heterocycles. The SMILES string of the molecule is NCc1ccc(F)cc1CN1CCC(C(F)(F)F)CC1. The Labute approximate surface area is 115 Å². The standard InChI is InChI=1S/C14H18F4N2/c15-13-2-1-10(8-19)11(7-13)9-20-5-3-12(4-6-20)14(16,17)18/h1-2,7,12H,3-6,8-9,19H2. The van der Waals surface area contributed by atoms with Gasteiger partial charge in [-0.1, -0.05) is 6.07 Å². The summed E-state index contributed by atoms with van der Waals surface area (Å²) in [6.07, 6.45) is -3.89. The smallest absolute Gasteiger partial charge is 0.326 e. The molecule has 1 saturated heterocycles. The molecule has 1 fully saturated rings. The molecule has 1 heterocycles. The number of benzene rings is 1. The second-order valence-electron chi connectivity index (χ2n) is 5.21. The Morgan fingerprint density at radius 3 is 2.35 bits per heavy atom. The third-order valence-corrected chi connectivity index (χ3v) is 3.83. The number of hydrogen-bond acceptors (Lipinski definition) is 2. The number of halogens is 4. The zero-order valence-corrected chi connectivity index (χ0v) is 11.1. The summed E-state index contributed by atoms with van der Waals surface area (Å²) in [6, 6.07) is 4.40. The van der Waals surface area contributed by atoms with Crippen molar-refractivity contribution in [3.63, 3.8) is 0 Å². The van der Waals surface area contributed by atoms with Crippen molar-refractivity contribution in [3.05, 3.63) is 35.1 Å². The number of nitrogens with two attached hydrogens (primary N) is 1. The Morgan fingerprint density at radius 2 is 1.80 bits per heavy atom. The summed E-state index contributed by atoms with van der Waals surface area (Å²) in [5, 5.41) is 0. The molecular formula is C14H18F4N2. The van der Waals surface area contributed by atoms with E-state index in [0.29, 0.717) is 26.2 Å². The highest BCUT2D eigenvalue weighted by molar-refractivity contribution is 5.27. The maximum absolute atomic E-state index is 13.2. The van der Waals surface area contributed by atoms with E-state index in [9.17, 15) is 17.6 Å². The average Bonchev–Trinajstić information content (AvgIpc) is 2.38. The quantitative estimate of drug-likeness (QED) is 0.867. The second-order valence-corrected chi connectivity index (χ2v) is 5.21. The van der Waals surface area contributed by atoms with E-state index in [1.54, 1.807) is 6.07 Å². The first-order valence-corrected chi connectivity index (χ1v) is 6.66. The lowest BCUT2D eigenvalue weighted by atomic mass is 9.95. The maximum atomic E-state index is 13.2. The van der Waals surface area contributed by atoms with E-state index >= 15 is 0 Å². The van der Waals surface area contributed by atoms with Crippen molar-refractivity contribution in [2.75, 3.05) is 13.1 Å². The fraction of sp³-hybridized carbons (Fsp3) is 0.571. The molecule has 0 unspecified atom stereocenters. The van der Waals surface area contributed by atoms with Gasteiger partial charge in [-0.25, -0.2) is 4.39 Å². The highest BCUT2D eigenvalue weighted by Gasteiger charge is 2.40. The Morgan fingerprint density at radius 1 is 1.15 bits per heavy atom. The first-order valence-electron chi connectivity index (χ1n) is 6.66. The van der Waals surface area contributed by atoms with Crippen LogP contribution in [0.1, 0.15) is 24.0 Å². The average molecular weight is 290 g/mol. The molecule has 0 aromatic heterocycles. The minimum atomic E-state index is -4.10. The highest BCUT2D eigenvalue weighted by atomic mass is 19.4. The summed E-state index contributed by atoms with van der Waals surface area (Å²) in [7, 11) is 0. The number of piperidine rings is 1. The lowest BCUT2D eigenvalue weighted by Crippen LogP contribution is -2.38. The second kappa shape index (κ2) is 6.10. The van der Waals surface area contributed by atoms with Crippen molar-refractivity contribution in [2.24, 2.45) is 11.7 Å². The fourth-order valence-corrected chi connectivity index (χ4v) is 2.60. The van der Waals surface area contributed by atoms with E-state index in [0.717, 1.165) is 11.1 Å². The molecule has 2 N–H and O–H groups in total. The molecule has 20 heavy (non-hydrogen) atoms. The van der Waals surface area contributed by atoms with E-state index in [4.69, 9.17) is 5.73 Å². The van der Waals surface area contributed by atoms with E-state index in [-0.39, 0.29) is 18.7 Å². The monoisotopic (exact) mass is 290 g/mol. The summed E-state index contributed by atoms with van der Waals surface area (Å²) in [5.41, 5.74) is 7.19. The molecule has 0 radical (unpaired) electrons. The van der Waals surface area contributed by atoms with Crippen molar-refractivity contribution < 1.29 is 17.6 Å². The van der Waals surface area contributed by atoms with Gasteiger partial charge in [-0.2, -0.15) is 13.2 Å². The topological polar surface area (TPSA) is 29.3 Å². The van der Waals surface area contributed by atoms with Gasteiger partial charge in [0.1, 0.15) is 5.82 Å². The summed E-state index contributed by atoms with van der Waals surface area (Å²) in [5.74, 6) is -1.55. The van der Waals surface area contributed by atoms with Crippen LogP contribution in [0.25, 0.3) is 0 Å². The van der Waals surface area contributed by atoms with Crippen molar-refractivity contribution in [1.82, 2.24) is 4.90 Å². The molecule has 0 aliphatic carbocycles. The van der Waals surface area contributed by atoms with Crippen LogP contribution in [0.15, 0.2) is 18.2 Å². The molecule has 1 aliphatic rings. The van der Waals surface area contributed by atoms with Gasteiger partial charge >= 0.3 is 6.18 Å². The first kappa shape index (κ1) is 15.3. The van der Waals surface area contributed by atoms with Gasteiger partial charge in [0.05, 0.1) is 5.92 Å². The molecule has 6 heteroatoms. The molecule has 0 atom stereocenters. The van der Waals surface area contributed by atoms with Crippen LogP contribution in [0.4, 0.5) is 17.6 Å². The Kier molecular flexibility index (Phi) is 4.65. The lowest BCUT2D eigenvalue weighted by molar-refractivity contribution is -0.185. The predicted molar refractivity (Wildman–Crippen MR) is 68.3 cm³/mol. The molecule has 0 bridgehead atoms. The molecule has 0 saturated carbocycles. The van der Waals surface area contributed by atoms with Crippen LogP contribution in [0.2, 0.25) is 0 Å². The van der Waals surface area contributed by atoms with Gasteiger partial charge in [0.15, 0.2) is 0 Å². The Bertz CT molecular complexity index is 451. The van der Waals surface area contributed by atoms with Crippen LogP contribution in [-0.4, -0.2) is 24.2 Å². The van der Waals surface area contributed by atoms with Crippen molar-refractivity contribution in [2.45, 2.75) is 32.1 Å². The summed E-state index contributed by atoms with van der Waals surface area (Å²) < 4.78 is 51.0. The Hall–Kier alpha value is -1.14. The van der Waals surface area contributed by atoms with Gasteiger partial charge < -0.3 is 5.73 Å². The number of alkyl halides is 3. The Balaban J connectivity index is 1.97. The summed E-state index contributed by atoms with van der Waals surface area (Å²) >= 11 is 0. The van der Waals surface area contributed by atoms with Crippen LogP contribution in [-0.2, 0) is 13.1 Å². The molecule has 0 spiro atoms. The van der Waals surface area contributed by atoms with Crippen LogP contribution in [0, 0.1) is 11.7 Å². The highest BCUT2D eigenvalue weighted by Crippen LogP contribution is 2.34. The summed E-state index contributed by atoms with van der Waals surface area (Å²) in [4.78, 5) is 1.93. The third kappa shape index (κ3) is 3.70. The summed E-state index contributed by atoms with van der Waals surface area (Å²) in [6.45, 7) is 1.51.